The van der Waals surface area contributed by atoms with Crippen LogP contribution in [0.3, 0.4) is 0 Å². The molecule has 6 heteroatoms. The summed E-state index contributed by atoms with van der Waals surface area (Å²) in [6.45, 7) is 3.86. The summed E-state index contributed by atoms with van der Waals surface area (Å²) in [6, 6.07) is 5.51. The predicted molar refractivity (Wildman–Crippen MR) is 77.6 cm³/mol. The van der Waals surface area contributed by atoms with Crippen LogP contribution >= 0.6 is 0 Å². The highest BCUT2D eigenvalue weighted by atomic mass is 16.4. The Morgan fingerprint density at radius 2 is 2.29 bits per heavy atom. The fraction of sp³-hybridized carbons (Fsp3) is 0.533. The third-order valence-electron chi connectivity index (χ3n) is 3.77. The fourth-order valence-corrected chi connectivity index (χ4v) is 2.55. The van der Waals surface area contributed by atoms with E-state index in [9.17, 15) is 9.59 Å². The Labute approximate surface area is 124 Å². The summed E-state index contributed by atoms with van der Waals surface area (Å²) in [6.07, 6.45) is 3.09. The number of hydrogen-bond acceptors (Lipinski definition) is 3. The van der Waals surface area contributed by atoms with Crippen molar-refractivity contribution < 1.29 is 14.7 Å². The van der Waals surface area contributed by atoms with E-state index < -0.39 is 11.9 Å². The topological polar surface area (TPSA) is 73.7 Å². The molecule has 1 aliphatic rings. The van der Waals surface area contributed by atoms with Gasteiger partial charge in [-0.15, -0.1) is 0 Å². The van der Waals surface area contributed by atoms with E-state index >= 15 is 0 Å². The second-order valence-electron chi connectivity index (χ2n) is 5.24. The summed E-state index contributed by atoms with van der Waals surface area (Å²) in [5.74, 6) is -1.27. The average molecular weight is 291 g/mol. The first-order valence-electron chi connectivity index (χ1n) is 7.28. The number of hydrogen-bond donors (Lipinski definition) is 1. The molecule has 1 saturated heterocycles. The minimum absolute atomic E-state index is 0.103. The monoisotopic (exact) mass is 291 g/mol. The van der Waals surface area contributed by atoms with Crippen molar-refractivity contribution in [1.82, 2.24) is 14.8 Å². The average Bonchev–Trinajstić information content (AvgIpc) is 2.53. The van der Waals surface area contributed by atoms with Gasteiger partial charge in [0.15, 0.2) is 0 Å². The number of carboxylic acids is 1. The molecule has 2 amide bonds. The van der Waals surface area contributed by atoms with Gasteiger partial charge in [-0.05, 0) is 31.9 Å². The van der Waals surface area contributed by atoms with E-state index in [1.165, 1.54) is 0 Å². The van der Waals surface area contributed by atoms with Gasteiger partial charge in [-0.25, -0.2) is 4.79 Å². The van der Waals surface area contributed by atoms with Crippen LogP contribution in [0.15, 0.2) is 24.4 Å². The van der Waals surface area contributed by atoms with E-state index in [4.69, 9.17) is 5.11 Å². The number of pyridine rings is 1. The number of aromatic nitrogens is 1. The molecule has 0 aliphatic carbocycles. The Hall–Kier alpha value is -2.11. The molecule has 1 aliphatic heterocycles. The Bertz CT molecular complexity index is 492. The third-order valence-corrected chi connectivity index (χ3v) is 3.77. The smallest absolute Gasteiger partial charge is 0.320 e. The minimum atomic E-state index is -0.819. The van der Waals surface area contributed by atoms with Gasteiger partial charge < -0.3 is 14.9 Å². The highest BCUT2D eigenvalue weighted by Crippen LogP contribution is 2.18. The number of urea groups is 1. The van der Waals surface area contributed by atoms with Crippen molar-refractivity contribution in [3.05, 3.63) is 30.1 Å². The molecule has 2 rings (SSSR count). The maximum absolute atomic E-state index is 12.5. The normalized spacial score (nSPS) is 18.3. The zero-order chi connectivity index (χ0) is 15.2. The van der Waals surface area contributed by atoms with E-state index in [1.54, 1.807) is 16.0 Å². The van der Waals surface area contributed by atoms with Crippen LogP contribution in [0.25, 0.3) is 0 Å². The number of rotatable bonds is 4. The molecular weight excluding hydrogens is 270 g/mol. The summed E-state index contributed by atoms with van der Waals surface area (Å²) >= 11 is 0. The van der Waals surface area contributed by atoms with Gasteiger partial charge in [0.05, 0.1) is 18.2 Å². The molecule has 2 heterocycles. The van der Waals surface area contributed by atoms with Crippen molar-refractivity contribution in [3.63, 3.8) is 0 Å². The first-order chi connectivity index (χ1) is 10.1. The summed E-state index contributed by atoms with van der Waals surface area (Å²) in [4.78, 5) is 31.2. The van der Waals surface area contributed by atoms with Crippen LogP contribution < -0.4 is 0 Å². The molecule has 6 nitrogen and oxygen atoms in total. The van der Waals surface area contributed by atoms with Gasteiger partial charge in [0.2, 0.25) is 0 Å². The number of aliphatic carboxylic acids is 1. The summed E-state index contributed by atoms with van der Waals surface area (Å²) < 4.78 is 0. The van der Waals surface area contributed by atoms with Crippen LogP contribution in [0.4, 0.5) is 4.79 Å². The zero-order valence-corrected chi connectivity index (χ0v) is 12.2. The Morgan fingerprint density at radius 3 is 2.90 bits per heavy atom. The number of carboxylic acid groups (broad SMARTS) is 1. The predicted octanol–water partition coefficient (Wildman–Crippen LogP) is 1.82. The maximum Gasteiger partial charge on any atom is 0.320 e. The third kappa shape index (κ3) is 3.93. The lowest BCUT2D eigenvalue weighted by Crippen LogP contribution is -2.48. The molecule has 0 spiro atoms. The highest BCUT2D eigenvalue weighted by Gasteiger charge is 2.30. The van der Waals surface area contributed by atoms with Gasteiger partial charge in [-0.2, -0.15) is 0 Å². The van der Waals surface area contributed by atoms with Gasteiger partial charge in [0.1, 0.15) is 0 Å². The lowest BCUT2D eigenvalue weighted by atomic mass is 9.98. The van der Waals surface area contributed by atoms with Gasteiger partial charge in [0, 0.05) is 25.8 Å². The van der Waals surface area contributed by atoms with Crippen molar-refractivity contribution >= 4 is 12.0 Å². The van der Waals surface area contributed by atoms with Crippen LogP contribution in [0.2, 0.25) is 0 Å². The maximum atomic E-state index is 12.5. The molecule has 0 saturated carbocycles. The largest absolute Gasteiger partial charge is 0.481 e. The summed E-state index contributed by atoms with van der Waals surface area (Å²) in [7, 11) is 0. The van der Waals surface area contributed by atoms with E-state index in [1.807, 2.05) is 25.1 Å². The van der Waals surface area contributed by atoms with Crippen LogP contribution in [0.1, 0.15) is 25.5 Å². The van der Waals surface area contributed by atoms with Crippen molar-refractivity contribution in [1.29, 1.82) is 0 Å². The van der Waals surface area contributed by atoms with Crippen LogP contribution in [0, 0.1) is 5.92 Å². The molecule has 21 heavy (non-hydrogen) atoms. The fourth-order valence-electron chi connectivity index (χ4n) is 2.55. The summed E-state index contributed by atoms with van der Waals surface area (Å²) in [5.41, 5.74) is 0.833. The molecular formula is C15H21N3O3. The van der Waals surface area contributed by atoms with E-state index in [0.29, 0.717) is 32.6 Å². The van der Waals surface area contributed by atoms with Gasteiger partial charge >= 0.3 is 12.0 Å². The van der Waals surface area contributed by atoms with Gasteiger partial charge in [-0.1, -0.05) is 6.07 Å². The molecule has 0 bridgehead atoms. The number of likely N-dealkylation sites (tertiary alicyclic amines) is 1. The van der Waals surface area contributed by atoms with Crippen molar-refractivity contribution in [2.24, 2.45) is 5.92 Å². The van der Waals surface area contributed by atoms with E-state index in [0.717, 1.165) is 12.1 Å². The quantitative estimate of drug-likeness (QED) is 0.918. The Balaban J connectivity index is 2.00. The zero-order valence-electron chi connectivity index (χ0n) is 12.2. The summed E-state index contributed by atoms with van der Waals surface area (Å²) in [5, 5.41) is 9.11. The lowest BCUT2D eigenvalue weighted by molar-refractivity contribution is -0.143. The number of piperidine rings is 1. The molecule has 1 aromatic rings. The molecule has 114 valence electrons. The Morgan fingerprint density at radius 1 is 1.48 bits per heavy atom. The van der Waals surface area contributed by atoms with Crippen molar-refractivity contribution in [2.45, 2.75) is 26.3 Å². The highest BCUT2D eigenvalue weighted by molar-refractivity contribution is 5.76. The molecule has 1 fully saturated rings. The van der Waals surface area contributed by atoms with Crippen molar-refractivity contribution in [3.8, 4) is 0 Å². The number of carbonyl (C=O) groups excluding carboxylic acids is 1. The standard InChI is InChI=1S/C15H21N3O3/c1-2-17(11-13-7-3-4-8-16-13)15(21)18-9-5-6-12(10-18)14(19)20/h3-4,7-8,12H,2,5-6,9-11H2,1H3,(H,19,20)/t12-/m0/s1. The van der Waals surface area contributed by atoms with E-state index in [2.05, 4.69) is 4.98 Å². The lowest BCUT2D eigenvalue weighted by Gasteiger charge is -2.34. The Kier molecular flexibility index (Phi) is 5.14. The first kappa shape index (κ1) is 15.3. The van der Waals surface area contributed by atoms with Crippen LogP contribution in [0.5, 0.6) is 0 Å². The SMILES string of the molecule is CCN(Cc1ccccn1)C(=O)N1CCC[C@H](C(=O)O)C1. The number of carbonyl (C=O) groups is 2. The van der Waals surface area contributed by atoms with Gasteiger partial charge in [0.25, 0.3) is 0 Å². The van der Waals surface area contributed by atoms with Gasteiger partial charge in [-0.3, -0.25) is 9.78 Å². The molecule has 0 radical (unpaired) electrons. The van der Waals surface area contributed by atoms with Crippen LogP contribution in [-0.2, 0) is 11.3 Å². The molecule has 0 unspecified atom stereocenters. The molecule has 0 aromatic carbocycles. The first-order valence-corrected chi connectivity index (χ1v) is 7.28. The van der Waals surface area contributed by atoms with E-state index in [-0.39, 0.29) is 6.03 Å². The van der Waals surface area contributed by atoms with Crippen molar-refractivity contribution in [2.75, 3.05) is 19.6 Å². The number of amides is 2. The molecule has 1 N–H and O–H groups in total. The molecule has 1 atom stereocenters. The number of nitrogens with zero attached hydrogens (tertiary/aromatic N) is 3. The minimum Gasteiger partial charge on any atom is -0.481 e. The second-order valence-corrected chi connectivity index (χ2v) is 5.24. The molecule has 1 aromatic heterocycles. The second kappa shape index (κ2) is 7.06. The van der Waals surface area contributed by atoms with Crippen LogP contribution in [-0.4, -0.2) is 51.5 Å².